The van der Waals surface area contributed by atoms with Gasteiger partial charge in [0.15, 0.2) is 0 Å². The van der Waals surface area contributed by atoms with Crippen LogP contribution in [0.2, 0.25) is 0 Å². The number of aromatic nitrogens is 3. The van der Waals surface area contributed by atoms with Crippen molar-refractivity contribution in [2.45, 2.75) is 0 Å². The maximum atomic E-state index is 4.46. The molecule has 0 bridgehead atoms. The van der Waals surface area contributed by atoms with Crippen molar-refractivity contribution in [2.75, 3.05) is 0 Å². The molecule has 1 aromatic carbocycles. The smallest absolute Gasteiger partial charge is 0.106 e. The van der Waals surface area contributed by atoms with Gasteiger partial charge in [-0.15, -0.1) is 0 Å². The molecule has 0 radical (unpaired) electrons. The molecule has 18 heavy (non-hydrogen) atoms. The lowest BCUT2D eigenvalue weighted by atomic mass is 10.2. The zero-order valence-electron chi connectivity index (χ0n) is 9.49. The number of pyridine rings is 1. The Balaban J connectivity index is 2.13. The quantitative estimate of drug-likeness (QED) is 0.676. The third kappa shape index (κ3) is 2.07. The Hall–Kier alpha value is -1.94. The Morgan fingerprint density at radius 2 is 1.72 bits per heavy atom. The number of hydrogen-bond donors (Lipinski definition) is 0. The molecule has 0 amide bonds. The first kappa shape index (κ1) is 11.2. The fourth-order valence-corrected chi connectivity index (χ4v) is 2.17. The highest BCUT2D eigenvalue weighted by molar-refractivity contribution is 9.10. The van der Waals surface area contributed by atoms with Gasteiger partial charge in [-0.25, -0.2) is 9.67 Å². The van der Waals surface area contributed by atoms with Crippen LogP contribution in [0.4, 0.5) is 0 Å². The first-order valence-electron chi connectivity index (χ1n) is 5.57. The zero-order chi connectivity index (χ0) is 12.4. The SMILES string of the molecule is Brc1cccc(-c2ccnn2-c2ccccc2)n1. The highest BCUT2D eigenvalue weighted by Gasteiger charge is 2.08. The second-order valence-electron chi connectivity index (χ2n) is 3.81. The maximum Gasteiger partial charge on any atom is 0.106 e. The van der Waals surface area contributed by atoms with Gasteiger partial charge in [0, 0.05) is 0 Å². The number of nitrogens with zero attached hydrogens (tertiary/aromatic N) is 3. The minimum atomic E-state index is 0.820. The first-order valence-corrected chi connectivity index (χ1v) is 6.36. The lowest BCUT2D eigenvalue weighted by Gasteiger charge is -2.06. The van der Waals surface area contributed by atoms with Crippen LogP contribution in [0.15, 0.2) is 65.4 Å². The van der Waals surface area contributed by atoms with Crippen molar-refractivity contribution in [2.24, 2.45) is 0 Å². The van der Waals surface area contributed by atoms with Gasteiger partial charge in [0.25, 0.3) is 0 Å². The number of hydrogen-bond acceptors (Lipinski definition) is 2. The minimum absolute atomic E-state index is 0.820. The number of halogens is 1. The maximum absolute atomic E-state index is 4.46. The van der Waals surface area contributed by atoms with Crippen LogP contribution in [0, 0.1) is 0 Å². The second kappa shape index (κ2) is 4.74. The zero-order valence-corrected chi connectivity index (χ0v) is 11.1. The Morgan fingerprint density at radius 1 is 0.889 bits per heavy atom. The summed E-state index contributed by atoms with van der Waals surface area (Å²) < 4.78 is 2.70. The van der Waals surface area contributed by atoms with Crippen molar-refractivity contribution in [3.8, 4) is 17.1 Å². The summed E-state index contributed by atoms with van der Waals surface area (Å²) in [5.74, 6) is 0. The van der Waals surface area contributed by atoms with Crippen LogP contribution in [0.25, 0.3) is 17.1 Å². The first-order chi connectivity index (χ1) is 8.84. The monoisotopic (exact) mass is 299 g/mol. The summed E-state index contributed by atoms with van der Waals surface area (Å²) in [4.78, 5) is 4.46. The summed E-state index contributed by atoms with van der Waals surface area (Å²) in [7, 11) is 0. The Labute approximate surface area is 113 Å². The molecule has 88 valence electrons. The van der Waals surface area contributed by atoms with E-state index in [-0.39, 0.29) is 0 Å². The van der Waals surface area contributed by atoms with Crippen LogP contribution in [-0.4, -0.2) is 14.8 Å². The van der Waals surface area contributed by atoms with Gasteiger partial charge in [0.2, 0.25) is 0 Å². The largest absolute Gasteiger partial charge is 0.239 e. The van der Waals surface area contributed by atoms with Crippen molar-refractivity contribution in [1.29, 1.82) is 0 Å². The standard InChI is InChI=1S/C14H10BrN3/c15-14-8-4-7-12(17-14)13-9-10-16-18(13)11-5-2-1-3-6-11/h1-10H. The molecule has 3 rings (SSSR count). The van der Waals surface area contributed by atoms with Crippen LogP contribution in [0.1, 0.15) is 0 Å². The number of benzene rings is 1. The predicted octanol–water partition coefficient (Wildman–Crippen LogP) is 3.70. The van der Waals surface area contributed by atoms with E-state index in [1.54, 1.807) is 6.20 Å². The predicted molar refractivity (Wildman–Crippen MR) is 74.5 cm³/mol. The summed E-state index contributed by atoms with van der Waals surface area (Å²) in [6.07, 6.45) is 1.78. The fraction of sp³-hybridized carbons (Fsp3) is 0. The van der Waals surface area contributed by atoms with Crippen LogP contribution < -0.4 is 0 Å². The van der Waals surface area contributed by atoms with Gasteiger partial charge in [-0.1, -0.05) is 24.3 Å². The summed E-state index contributed by atoms with van der Waals surface area (Å²) in [6, 6.07) is 17.8. The van der Waals surface area contributed by atoms with Gasteiger partial charge < -0.3 is 0 Å². The lowest BCUT2D eigenvalue weighted by molar-refractivity contribution is 0.883. The summed E-state index contributed by atoms with van der Waals surface area (Å²) in [5.41, 5.74) is 2.90. The molecule has 0 saturated heterocycles. The average Bonchev–Trinajstić information content (AvgIpc) is 2.89. The van der Waals surface area contributed by atoms with Gasteiger partial charge in [0.1, 0.15) is 4.60 Å². The topological polar surface area (TPSA) is 30.7 Å². The molecule has 0 saturated carbocycles. The molecule has 0 aliphatic rings. The average molecular weight is 300 g/mol. The summed E-state index contributed by atoms with van der Waals surface area (Å²) in [6.45, 7) is 0. The van der Waals surface area contributed by atoms with Crippen molar-refractivity contribution in [3.63, 3.8) is 0 Å². The highest BCUT2D eigenvalue weighted by atomic mass is 79.9. The van der Waals surface area contributed by atoms with Crippen molar-refractivity contribution in [3.05, 3.63) is 65.4 Å². The minimum Gasteiger partial charge on any atom is -0.239 e. The van der Waals surface area contributed by atoms with E-state index in [0.29, 0.717) is 0 Å². The van der Waals surface area contributed by atoms with Crippen LogP contribution >= 0.6 is 15.9 Å². The molecule has 0 N–H and O–H groups in total. The van der Waals surface area contributed by atoms with E-state index < -0.39 is 0 Å². The molecule has 2 aromatic heterocycles. The normalized spacial score (nSPS) is 10.5. The van der Waals surface area contributed by atoms with Crippen molar-refractivity contribution < 1.29 is 0 Å². The molecule has 0 spiro atoms. The molecular formula is C14H10BrN3. The molecule has 0 atom stereocenters. The molecule has 3 nitrogen and oxygen atoms in total. The van der Waals surface area contributed by atoms with E-state index in [0.717, 1.165) is 21.7 Å². The van der Waals surface area contributed by atoms with Gasteiger partial charge in [-0.05, 0) is 46.3 Å². The second-order valence-corrected chi connectivity index (χ2v) is 4.62. The van der Waals surface area contributed by atoms with E-state index in [1.165, 1.54) is 0 Å². The van der Waals surface area contributed by atoms with Gasteiger partial charge in [0.05, 0.1) is 23.3 Å². The number of rotatable bonds is 2. The summed E-state index contributed by atoms with van der Waals surface area (Å²) in [5, 5.41) is 4.35. The molecule has 0 fully saturated rings. The lowest BCUT2D eigenvalue weighted by Crippen LogP contribution is -1.99. The molecule has 2 heterocycles. The molecule has 4 heteroatoms. The van der Waals surface area contributed by atoms with E-state index in [1.807, 2.05) is 59.3 Å². The van der Waals surface area contributed by atoms with Crippen LogP contribution in [0.3, 0.4) is 0 Å². The van der Waals surface area contributed by atoms with Crippen LogP contribution in [0.5, 0.6) is 0 Å². The molecule has 0 aliphatic carbocycles. The van der Waals surface area contributed by atoms with Gasteiger partial charge >= 0.3 is 0 Å². The highest BCUT2D eigenvalue weighted by Crippen LogP contribution is 2.21. The van der Waals surface area contributed by atoms with Gasteiger partial charge in [-0.3, -0.25) is 0 Å². The summed E-state index contributed by atoms with van der Waals surface area (Å²) >= 11 is 3.39. The van der Waals surface area contributed by atoms with E-state index in [9.17, 15) is 0 Å². The Bertz CT molecular complexity index is 662. The fourth-order valence-electron chi connectivity index (χ4n) is 1.82. The van der Waals surface area contributed by atoms with E-state index in [2.05, 4.69) is 26.0 Å². The Kier molecular flexibility index (Phi) is 2.94. The molecule has 3 aromatic rings. The van der Waals surface area contributed by atoms with Crippen molar-refractivity contribution in [1.82, 2.24) is 14.8 Å². The van der Waals surface area contributed by atoms with E-state index >= 15 is 0 Å². The third-order valence-electron chi connectivity index (χ3n) is 2.62. The Morgan fingerprint density at radius 3 is 2.50 bits per heavy atom. The molecule has 0 unspecified atom stereocenters. The molecular weight excluding hydrogens is 290 g/mol. The third-order valence-corrected chi connectivity index (χ3v) is 3.06. The van der Waals surface area contributed by atoms with Gasteiger partial charge in [-0.2, -0.15) is 5.10 Å². The number of para-hydroxylation sites is 1. The molecule has 0 aliphatic heterocycles. The van der Waals surface area contributed by atoms with Crippen molar-refractivity contribution >= 4 is 15.9 Å². The van der Waals surface area contributed by atoms with E-state index in [4.69, 9.17) is 0 Å². The van der Waals surface area contributed by atoms with Crippen LogP contribution in [-0.2, 0) is 0 Å².